The van der Waals surface area contributed by atoms with Gasteiger partial charge >= 0.3 is 0 Å². The normalized spacial score (nSPS) is 22.1. The van der Waals surface area contributed by atoms with Crippen molar-refractivity contribution in [2.45, 2.75) is 45.2 Å². The molecule has 0 amide bonds. The van der Waals surface area contributed by atoms with Crippen LogP contribution in [0, 0.1) is 5.92 Å². The van der Waals surface area contributed by atoms with Crippen molar-refractivity contribution < 1.29 is 9.47 Å². The molecule has 0 radical (unpaired) electrons. The van der Waals surface area contributed by atoms with Crippen molar-refractivity contribution in [2.24, 2.45) is 5.92 Å². The molecule has 1 aliphatic heterocycles. The van der Waals surface area contributed by atoms with Crippen LogP contribution in [0.3, 0.4) is 0 Å². The molecule has 0 bridgehead atoms. The van der Waals surface area contributed by atoms with Crippen LogP contribution in [0.1, 0.15) is 37.4 Å². The second-order valence-electron chi connectivity index (χ2n) is 5.85. The molecule has 1 aliphatic carbocycles. The summed E-state index contributed by atoms with van der Waals surface area (Å²) in [5, 5.41) is 3.55. The summed E-state index contributed by atoms with van der Waals surface area (Å²) in [4.78, 5) is 4.56. The molecule has 0 aromatic carbocycles. The molecule has 1 atom stereocenters. The molecule has 1 aromatic heterocycles. The quantitative estimate of drug-likeness (QED) is 0.830. The van der Waals surface area contributed by atoms with E-state index in [9.17, 15) is 0 Å². The van der Waals surface area contributed by atoms with Crippen molar-refractivity contribution in [2.75, 3.05) is 19.8 Å². The molecule has 1 saturated carbocycles. The van der Waals surface area contributed by atoms with Crippen LogP contribution in [0.5, 0.6) is 5.88 Å². The molecule has 2 fully saturated rings. The molecule has 0 spiro atoms. The summed E-state index contributed by atoms with van der Waals surface area (Å²) in [6.45, 7) is 5.46. The van der Waals surface area contributed by atoms with Crippen molar-refractivity contribution >= 4 is 0 Å². The summed E-state index contributed by atoms with van der Waals surface area (Å²) in [5.41, 5.74) is 2.39. The van der Waals surface area contributed by atoms with E-state index in [1.165, 1.54) is 18.4 Å². The van der Waals surface area contributed by atoms with E-state index in [1.807, 2.05) is 0 Å². The van der Waals surface area contributed by atoms with Crippen LogP contribution in [0.25, 0.3) is 0 Å². The second-order valence-corrected chi connectivity index (χ2v) is 5.85. The maximum Gasteiger partial charge on any atom is 0.213 e. The molecule has 1 aromatic rings. The van der Waals surface area contributed by atoms with Crippen LogP contribution >= 0.6 is 0 Å². The number of pyridine rings is 1. The smallest absolute Gasteiger partial charge is 0.213 e. The zero-order chi connectivity index (χ0) is 13.8. The van der Waals surface area contributed by atoms with E-state index in [-0.39, 0.29) is 0 Å². The van der Waals surface area contributed by atoms with E-state index >= 15 is 0 Å². The molecule has 20 heavy (non-hydrogen) atoms. The van der Waals surface area contributed by atoms with Gasteiger partial charge in [-0.2, -0.15) is 0 Å². The second kappa shape index (κ2) is 6.55. The first-order valence-corrected chi connectivity index (χ1v) is 7.77. The molecule has 2 aliphatic rings. The molecule has 1 unspecified atom stereocenters. The molecule has 4 heteroatoms. The Morgan fingerprint density at radius 1 is 1.35 bits per heavy atom. The average Bonchev–Trinajstić information content (AvgIpc) is 3.16. The lowest BCUT2D eigenvalue weighted by Crippen LogP contribution is -2.16. The molecular weight excluding hydrogens is 252 g/mol. The van der Waals surface area contributed by atoms with Gasteiger partial charge in [0.1, 0.15) is 0 Å². The Labute approximate surface area is 120 Å². The van der Waals surface area contributed by atoms with Crippen LogP contribution in [0.15, 0.2) is 12.1 Å². The molecular formula is C16H24N2O2. The van der Waals surface area contributed by atoms with Crippen molar-refractivity contribution in [1.29, 1.82) is 0 Å². The summed E-state index contributed by atoms with van der Waals surface area (Å²) in [5.74, 6) is 1.29. The molecule has 110 valence electrons. The highest BCUT2D eigenvalue weighted by Gasteiger charge is 2.20. The first-order valence-electron chi connectivity index (χ1n) is 7.77. The summed E-state index contributed by atoms with van der Waals surface area (Å²) in [6, 6.07) is 4.99. The number of aromatic nitrogens is 1. The maximum absolute atomic E-state index is 5.88. The number of hydrogen-bond donors (Lipinski definition) is 1. The minimum atomic E-state index is 0.523. The Morgan fingerprint density at radius 3 is 2.95 bits per heavy atom. The number of rotatable bonds is 7. The van der Waals surface area contributed by atoms with E-state index in [0.29, 0.717) is 5.92 Å². The largest absolute Gasteiger partial charge is 0.477 e. The first kappa shape index (κ1) is 13.8. The fourth-order valence-corrected chi connectivity index (χ4v) is 2.45. The number of hydrogen-bond acceptors (Lipinski definition) is 4. The van der Waals surface area contributed by atoms with Gasteiger partial charge in [-0.3, -0.25) is 0 Å². The van der Waals surface area contributed by atoms with Gasteiger partial charge in [-0.05, 0) is 37.3 Å². The zero-order valence-corrected chi connectivity index (χ0v) is 12.2. The summed E-state index contributed by atoms with van der Waals surface area (Å²) >= 11 is 0. The van der Waals surface area contributed by atoms with Gasteiger partial charge in [0, 0.05) is 36.9 Å². The van der Waals surface area contributed by atoms with Gasteiger partial charge < -0.3 is 14.8 Å². The fourth-order valence-electron chi connectivity index (χ4n) is 2.45. The standard InChI is InChI=1S/C16H24N2O2/c1-2-14-7-13(9-17-15-3-4-15)8-16(18-14)20-11-12-5-6-19-10-12/h7-8,12,15,17H,2-6,9-11H2,1H3. The Morgan fingerprint density at radius 2 is 2.25 bits per heavy atom. The number of ether oxygens (including phenoxy) is 2. The Hall–Kier alpha value is -1.13. The van der Waals surface area contributed by atoms with E-state index in [1.54, 1.807) is 0 Å². The Balaban J connectivity index is 1.59. The molecule has 1 N–H and O–H groups in total. The van der Waals surface area contributed by atoms with Crippen LogP contribution in [0.4, 0.5) is 0 Å². The van der Waals surface area contributed by atoms with Gasteiger partial charge in [0.25, 0.3) is 0 Å². The Bertz CT molecular complexity index is 440. The summed E-state index contributed by atoms with van der Waals surface area (Å²) in [7, 11) is 0. The minimum Gasteiger partial charge on any atom is -0.477 e. The number of nitrogens with one attached hydrogen (secondary N) is 1. The van der Waals surface area contributed by atoms with E-state index in [4.69, 9.17) is 9.47 Å². The minimum absolute atomic E-state index is 0.523. The zero-order valence-electron chi connectivity index (χ0n) is 12.2. The van der Waals surface area contributed by atoms with Gasteiger partial charge in [0.15, 0.2) is 0 Å². The van der Waals surface area contributed by atoms with Crippen molar-refractivity contribution in [1.82, 2.24) is 10.3 Å². The fraction of sp³-hybridized carbons (Fsp3) is 0.688. The lowest BCUT2D eigenvalue weighted by Gasteiger charge is -2.12. The van der Waals surface area contributed by atoms with E-state index in [2.05, 4.69) is 29.4 Å². The third kappa shape index (κ3) is 3.93. The van der Waals surface area contributed by atoms with Gasteiger partial charge in [-0.1, -0.05) is 6.92 Å². The van der Waals surface area contributed by atoms with Gasteiger partial charge in [-0.15, -0.1) is 0 Å². The highest BCUT2D eigenvalue weighted by molar-refractivity contribution is 5.25. The molecule has 1 saturated heterocycles. The highest BCUT2D eigenvalue weighted by atomic mass is 16.5. The lowest BCUT2D eigenvalue weighted by atomic mass is 10.1. The topological polar surface area (TPSA) is 43.4 Å². The van der Waals surface area contributed by atoms with Crippen LogP contribution in [-0.2, 0) is 17.7 Å². The first-order chi connectivity index (χ1) is 9.83. The predicted octanol–water partition coefficient (Wildman–Crippen LogP) is 2.31. The van der Waals surface area contributed by atoms with Crippen molar-refractivity contribution in [3.05, 3.63) is 23.4 Å². The number of nitrogens with zero attached hydrogens (tertiary/aromatic N) is 1. The van der Waals surface area contributed by atoms with Crippen LogP contribution < -0.4 is 10.1 Å². The van der Waals surface area contributed by atoms with Crippen LogP contribution in [0.2, 0.25) is 0 Å². The molecule has 2 heterocycles. The monoisotopic (exact) mass is 276 g/mol. The number of aryl methyl sites for hydroxylation is 1. The summed E-state index contributed by atoms with van der Waals surface area (Å²) < 4.78 is 11.3. The van der Waals surface area contributed by atoms with E-state index in [0.717, 1.165) is 56.8 Å². The van der Waals surface area contributed by atoms with E-state index < -0.39 is 0 Å². The Kier molecular flexibility index (Phi) is 4.53. The van der Waals surface area contributed by atoms with Crippen molar-refractivity contribution in [3.63, 3.8) is 0 Å². The van der Waals surface area contributed by atoms with Gasteiger partial charge in [0.2, 0.25) is 5.88 Å². The summed E-state index contributed by atoms with van der Waals surface area (Å²) in [6.07, 6.45) is 4.68. The maximum atomic E-state index is 5.88. The molecule has 3 rings (SSSR count). The third-order valence-corrected chi connectivity index (χ3v) is 3.94. The highest BCUT2D eigenvalue weighted by Crippen LogP contribution is 2.21. The van der Waals surface area contributed by atoms with Crippen LogP contribution in [-0.4, -0.2) is 30.8 Å². The van der Waals surface area contributed by atoms with Gasteiger partial charge in [-0.25, -0.2) is 4.98 Å². The van der Waals surface area contributed by atoms with Crippen molar-refractivity contribution in [3.8, 4) is 5.88 Å². The molecule has 4 nitrogen and oxygen atoms in total. The lowest BCUT2D eigenvalue weighted by molar-refractivity contribution is 0.165. The average molecular weight is 276 g/mol. The predicted molar refractivity (Wildman–Crippen MR) is 77.9 cm³/mol. The third-order valence-electron chi connectivity index (χ3n) is 3.94. The SMILES string of the molecule is CCc1cc(CNC2CC2)cc(OCC2CCOC2)n1. The van der Waals surface area contributed by atoms with Gasteiger partial charge in [0.05, 0.1) is 13.2 Å².